The lowest BCUT2D eigenvalue weighted by Crippen LogP contribution is -2.13. The first kappa shape index (κ1) is 25.7. The Morgan fingerprint density at radius 3 is 2.09 bits per heavy atom. The van der Waals surface area contributed by atoms with Crippen molar-refractivity contribution in [3.8, 4) is 22.8 Å². The first-order valence-corrected chi connectivity index (χ1v) is 14.3. The van der Waals surface area contributed by atoms with Gasteiger partial charge in [-0.1, -0.05) is 107 Å². The average Bonchev–Trinajstić information content (AvgIpc) is 3.40. The molecule has 3 heteroatoms. The molecule has 0 aliphatic heterocycles. The van der Waals surface area contributed by atoms with E-state index in [2.05, 4.69) is 72.5 Å². The molecule has 0 spiro atoms. The Morgan fingerprint density at radius 2 is 1.37 bits per heavy atom. The molecule has 0 N–H and O–H groups in total. The Morgan fingerprint density at radius 1 is 0.714 bits per heavy atom. The van der Waals surface area contributed by atoms with Gasteiger partial charge in [0.05, 0.1) is 0 Å². The Kier molecular flexibility index (Phi) is 9.98. The first-order chi connectivity index (χ1) is 17.3. The Hall–Kier alpha value is -2.42. The van der Waals surface area contributed by atoms with Crippen molar-refractivity contribution in [3.63, 3.8) is 0 Å². The standard InChI is InChI=1S/C32H44N2O/c1-3-5-7-8-10-12-26-15-19-29(20-16-26)31-33-32(35-34-31)30-23-21-28(22-24-30)27-17-13-25(14-18-27)11-9-6-4-2/h15-16,19-25,27H,3-14,17-18H2,1-2H3. The molecule has 188 valence electrons. The van der Waals surface area contributed by atoms with Crippen LogP contribution in [0.1, 0.15) is 114 Å². The van der Waals surface area contributed by atoms with Gasteiger partial charge in [-0.2, -0.15) is 4.98 Å². The van der Waals surface area contributed by atoms with Crippen LogP contribution in [0.15, 0.2) is 53.1 Å². The smallest absolute Gasteiger partial charge is 0.258 e. The molecule has 0 radical (unpaired) electrons. The van der Waals surface area contributed by atoms with Crippen molar-refractivity contribution in [2.24, 2.45) is 5.92 Å². The van der Waals surface area contributed by atoms with E-state index in [0.717, 1.165) is 23.5 Å². The summed E-state index contributed by atoms with van der Waals surface area (Å²) in [5, 5.41) is 4.25. The maximum atomic E-state index is 5.62. The van der Waals surface area contributed by atoms with Crippen molar-refractivity contribution < 1.29 is 4.52 Å². The summed E-state index contributed by atoms with van der Waals surface area (Å²) in [6.45, 7) is 4.56. The lowest BCUT2D eigenvalue weighted by Gasteiger charge is -2.29. The van der Waals surface area contributed by atoms with Crippen LogP contribution >= 0.6 is 0 Å². The number of hydrogen-bond acceptors (Lipinski definition) is 3. The number of aryl methyl sites for hydroxylation is 1. The van der Waals surface area contributed by atoms with Gasteiger partial charge in [-0.15, -0.1) is 0 Å². The van der Waals surface area contributed by atoms with Crippen LogP contribution in [0, 0.1) is 5.92 Å². The van der Waals surface area contributed by atoms with Gasteiger partial charge in [-0.05, 0) is 73.6 Å². The molecule has 3 aromatic rings. The van der Waals surface area contributed by atoms with Crippen molar-refractivity contribution in [1.29, 1.82) is 0 Å². The predicted octanol–water partition coefficient (Wildman–Crippen LogP) is 9.77. The summed E-state index contributed by atoms with van der Waals surface area (Å²) in [6.07, 6.45) is 18.7. The van der Waals surface area contributed by atoms with Gasteiger partial charge in [0.2, 0.25) is 5.82 Å². The lowest BCUT2D eigenvalue weighted by molar-refractivity contribution is 0.303. The molecule has 0 bridgehead atoms. The summed E-state index contributed by atoms with van der Waals surface area (Å²) in [4.78, 5) is 4.69. The topological polar surface area (TPSA) is 38.9 Å². The highest BCUT2D eigenvalue weighted by atomic mass is 16.5. The van der Waals surface area contributed by atoms with Crippen LogP contribution in [0.4, 0.5) is 0 Å². The molecule has 0 unspecified atom stereocenters. The second kappa shape index (κ2) is 13.6. The third-order valence-corrected chi connectivity index (χ3v) is 7.90. The fraction of sp³-hybridized carbons (Fsp3) is 0.562. The van der Waals surface area contributed by atoms with E-state index < -0.39 is 0 Å². The molecule has 2 aromatic carbocycles. The summed E-state index contributed by atoms with van der Waals surface area (Å²) in [7, 11) is 0. The zero-order chi connectivity index (χ0) is 24.3. The van der Waals surface area contributed by atoms with Crippen LogP contribution in [-0.4, -0.2) is 10.1 Å². The van der Waals surface area contributed by atoms with Crippen LogP contribution in [0.5, 0.6) is 0 Å². The number of hydrogen-bond donors (Lipinski definition) is 0. The van der Waals surface area contributed by atoms with Gasteiger partial charge in [0.25, 0.3) is 5.89 Å². The molecule has 1 heterocycles. The minimum atomic E-state index is 0.603. The average molecular weight is 473 g/mol. The third-order valence-electron chi connectivity index (χ3n) is 7.90. The van der Waals surface area contributed by atoms with Gasteiger partial charge in [0.15, 0.2) is 0 Å². The van der Waals surface area contributed by atoms with E-state index in [1.807, 2.05) is 0 Å². The van der Waals surface area contributed by atoms with Crippen molar-refractivity contribution in [2.75, 3.05) is 0 Å². The van der Waals surface area contributed by atoms with Gasteiger partial charge in [0.1, 0.15) is 0 Å². The second-order valence-electron chi connectivity index (χ2n) is 10.6. The molecule has 0 atom stereocenters. The second-order valence-corrected chi connectivity index (χ2v) is 10.6. The van der Waals surface area contributed by atoms with Crippen LogP contribution in [-0.2, 0) is 6.42 Å². The van der Waals surface area contributed by atoms with Crippen LogP contribution < -0.4 is 0 Å². The molecular formula is C32H44N2O. The number of benzene rings is 2. The molecule has 1 aromatic heterocycles. The predicted molar refractivity (Wildman–Crippen MR) is 146 cm³/mol. The van der Waals surface area contributed by atoms with Crippen molar-refractivity contribution >= 4 is 0 Å². The van der Waals surface area contributed by atoms with Gasteiger partial charge in [-0.25, -0.2) is 0 Å². The maximum absolute atomic E-state index is 5.62. The largest absolute Gasteiger partial charge is 0.334 e. The number of aromatic nitrogens is 2. The fourth-order valence-electron chi connectivity index (χ4n) is 5.58. The van der Waals surface area contributed by atoms with Gasteiger partial charge in [-0.3, -0.25) is 0 Å². The molecule has 0 saturated heterocycles. The van der Waals surface area contributed by atoms with Crippen molar-refractivity contribution in [1.82, 2.24) is 10.1 Å². The van der Waals surface area contributed by atoms with E-state index >= 15 is 0 Å². The monoisotopic (exact) mass is 472 g/mol. The lowest BCUT2D eigenvalue weighted by atomic mass is 9.77. The fourth-order valence-corrected chi connectivity index (χ4v) is 5.58. The highest BCUT2D eigenvalue weighted by Gasteiger charge is 2.22. The summed E-state index contributed by atoms with van der Waals surface area (Å²) < 4.78 is 5.62. The molecule has 35 heavy (non-hydrogen) atoms. The summed E-state index contributed by atoms with van der Waals surface area (Å²) in [5.41, 5.74) is 4.87. The minimum absolute atomic E-state index is 0.603. The van der Waals surface area contributed by atoms with E-state index in [1.165, 1.54) is 94.6 Å². The van der Waals surface area contributed by atoms with E-state index in [9.17, 15) is 0 Å². The Bertz CT molecular complexity index is 981. The van der Waals surface area contributed by atoms with Gasteiger partial charge >= 0.3 is 0 Å². The number of unbranched alkanes of at least 4 members (excludes halogenated alkanes) is 6. The molecule has 3 nitrogen and oxygen atoms in total. The Balaban J connectivity index is 1.29. The molecule has 4 rings (SSSR count). The molecule has 0 amide bonds. The minimum Gasteiger partial charge on any atom is -0.334 e. The van der Waals surface area contributed by atoms with Crippen LogP contribution in [0.2, 0.25) is 0 Å². The van der Waals surface area contributed by atoms with Crippen LogP contribution in [0.25, 0.3) is 22.8 Å². The highest BCUT2D eigenvalue weighted by molar-refractivity contribution is 5.60. The molecular weight excluding hydrogens is 428 g/mol. The van der Waals surface area contributed by atoms with E-state index in [1.54, 1.807) is 0 Å². The van der Waals surface area contributed by atoms with Gasteiger partial charge in [0, 0.05) is 11.1 Å². The van der Waals surface area contributed by atoms with Crippen molar-refractivity contribution in [3.05, 3.63) is 59.7 Å². The van der Waals surface area contributed by atoms with E-state index in [-0.39, 0.29) is 0 Å². The maximum Gasteiger partial charge on any atom is 0.258 e. The third kappa shape index (κ3) is 7.53. The molecule has 1 aliphatic carbocycles. The summed E-state index contributed by atoms with van der Waals surface area (Å²) >= 11 is 0. The highest BCUT2D eigenvalue weighted by Crippen LogP contribution is 2.38. The molecule has 1 saturated carbocycles. The first-order valence-electron chi connectivity index (χ1n) is 14.3. The molecule has 1 fully saturated rings. The van der Waals surface area contributed by atoms with Crippen LogP contribution in [0.3, 0.4) is 0 Å². The summed E-state index contributed by atoms with van der Waals surface area (Å²) in [6, 6.07) is 17.5. The zero-order valence-corrected chi connectivity index (χ0v) is 22.0. The zero-order valence-electron chi connectivity index (χ0n) is 22.0. The summed E-state index contributed by atoms with van der Waals surface area (Å²) in [5.74, 6) is 2.93. The number of nitrogens with zero attached hydrogens (tertiary/aromatic N) is 2. The molecule has 1 aliphatic rings. The number of rotatable bonds is 13. The van der Waals surface area contributed by atoms with Gasteiger partial charge < -0.3 is 4.52 Å². The van der Waals surface area contributed by atoms with Crippen molar-refractivity contribution in [2.45, 2.75) is 110 Å². The van der Waals surface area contributed by atoms with E-state index in [4.69, 9.17) is 4.52 Å². The normalized spacial score (nSPS) is 18.1. The SMILES string of the molecule is CCCCCCCc1ccc(-c2noc(-c3ccc(C4CCC(CCCCC)CC4)cc3)n2)cc1. The van der Waals surface area contributed by atoms with E-state index in [0.29, 0.717) is 17.6 Å². The quantitative estimate of drug-likeness (QED) is 0.232. The Labute approximate surface area is 212 Å².